The second-order valence-electron chi connectivity index (χ2n) is 5.55. The number of hydrogen-bond acceptors (Lipinski definition) is 4. The summed E-state index contributed by atoms with van der Waals surface area (Å²) in [6.45, 7) is 6.45. The first kappa shape index (κ1) is 15.2. The Morgan fingerprint density at radius 3 is 2.40 bits per heavy atom. The monoisotopic (exact) mass is 289 g/mol. The van der Waals surface area contributed by atoms with Crippen LogP contribution in [0.2, 0.25) is 0 Å². The van der Waals surface area contributed by atoms with E-state index in [1.54, 1.807) is 11.3 Å². The molecule has 4 heteroatoms. The zero-order chi connectivity index (χ0) is 14.5. The second-order valence-corrected chi connectivity index (χ2v) is 6.49. The van der Waals surface area contributed by atoms with E-state index in [-0.39, 0.29) is 6.04 Å². The van der Waals surface area contributed by atoms with Crippen molar-refractivity contribution in [2.45, 2.75) is 45.6 Å². The molecule has 0 radical (unpaired) electrons. The number of aromatic nitrogens is 1. The van der Waals surface area contributed by atoms with E-state index in [4.69, 9.17) is 5.84 Å². The molecule has 3 N–H and O–H groups in total. The number of nitrogens with one attached hydrogen (secondary N) is 1. The molecule has 0 spiro atoms. The first-order chi connectivity index (χ1) is 9.58. The number of aryl methyl sites for hydroxylation is 1. The number of thiazole rings is 1. The van der Waals surface area contributed by atoms with Crippen LogP contribution in [0.1, 0.15) is 41.6 Å². The van der Waals surface area contributed by atoms with E-state index < -0.39 is 0 Å². The van der Waals surface area contributed by atoms with Crippen LogP contribution in [0.25, 0.3) is 0 Å². The van der Waals surface area contributed by atoms with Gasteiger partial charge >= 0.3 is 0 Å². The van der Waals surface area contributed by atoms with Crippen molar-refractivity contribution in [3.05, 3.63) is 51.5 Å². The van der Waals surface area contributed by atoms with Gasteiger partial charge in [0.2, 0.25) is 0 Å². The molecule has 2 aromatic rings. The minimum atomic E-state index is 0.227. The third-order valence-electron chi connectivity index (χ3n) is 3.45. The Kier molecular flexibility index (Phi) is 5.29. The first-order valence-corrected chi connectivity index (χ1v) is 7.92. The summed E-state index contributed by atoms with van der Waals surface area (Å²) in [7, 11) is 0. The van der Waals surface area contributed by atoms with Gasteiger partial charge in [-0.25, -0.2) is 4.98 Å². The molecule has 0 aliphatic rings. The molecule has 1 atom stereocenters. The van der Waals surface area contributed by atoms with E-state index in [1.807, 2.05) is 6.92 Å². The summed E-state index contributed by atoms with van der Waals surface area (Å²) in [5.41, 5.74) is 6.68. The van der Waals surface area contributed by atoms with Crippen molar-refractivity contribution in [2.24, 2.45) is 5.84 Å². The van der Waals surface area contributed by atoms with Gasteiger partial charge in [0, 0.05) is 23.5 Å². The van der Waals surface area contributed by atoms with E-state index in [2.05, 4.69) is 53.9 Å². The molecular formula is C16H23N3S. The molecule has 0 saturated heterocycles. The number of nitrogens with zero attached hydrogens (tertiary/aromatic N) is 1. The van der Waals surface area contributed by atoms with Crippen molar-refractivity contribution in [1.82, 2.24) is 10.4 Å². The Bertz CT molecular complexity index is 531. The number of rotatable bonds is 6. The largest absolute Gasteiger partial charge is 0.271 e. The van der Waals surface area contributed by atoms with Gasteiger partial charge in [-0.2, -0.15) is 0 Å². The van der Waals surface area contributed by atoms with Gasteiger partial charge in [0.25, 0.3) is 0 Å². The number of benzene rings is 1. The average Bonchev–Trinajstić information content (AvgIpc) is 2.84. The van der Waals surface area contributed by atoms with E-state index >= 15 is 0 Å². The maximum Gasteiger partial charge on any atom is 0.0944 e. The van der Waals surface area contributed by atoms with Crippen molar-refractivity contribution in [1.29, 1.82) is 0 Å². The zero-order valence-electron chi connectivity index (χ0n) is 12.4. The van der Waals surface area contributed by atoms with Crippen LogP contribution in [0.15, 0.2) is 29.6 Å². The molecule has 1 unspecified atom stereocenters. The smallest absolute Gasteiger partial charge is 0.0944 e. The molecule has 0 fully saturated rings. The predicted octanol–water partition coefficient (Wildman–Crippen LogP) is 3.19. The van der Waals surface area contributed by atoms with Gasteiger partial charge in [0.05, 0.1) is 5.01 Å². The normalized spacial score (nSPS) is 12.8. The van der Waals surface area contributed by atoms with Crippen LogP contribution in [0, 0.1) is 6.92 Å². The van der Waals surface area contributed by atoms with Crippen molar-refractivity contribution in [2.75, 3.05) is 0 Å². The van der Waals surface area contributed by atoms with Crippen LogP contribution in [0.4, 0.5) is 0 Å². The van der Waals surface area contributed by atoms with E-state index in [0.717, 1.165) is 23.5 Å². The van der Waals surface area contributed by atoms with Gasteiger partial charge < -0.3 is 0 Å². The summed E-state index contributed by atoms with van der Waals surface area (Å²) >= 11 is 1.70. The molecule has 3 nitrogen and oxygen atoms in total. The average molecular weight is 289 g/mol. The van der Waals surface area contributed by atoms with Gasteiger partial charge in [-0.3, -0.25) is 11.3 Å². The molecule has 2 rings (SSSR count). The molecule has 0 aliphatic carbocycles. The number of nitrogens with two attached hydrogens (primary N) is 1. The molecule has 20 heavy (non-hydrogen) atoms. The molecule has 0 saturated carbocycles. The van der Waals surface area contributed by atoms with E-state index in [9.17, 15) is 0 Å². The van der Waals surface area contributed by atoms with Crippen LogP contribution >= 0.6 is 11.3 Å². The minimum absolute atomic E-state index is 0.227. The molecule has 1 heterocycles. The minimum Gasteiger partial charge on any atom is -0.271 e. The standard InChI is InChI=1S/C16H23N3S/c1-11(2)14-6-4-13(5-7-14)8-15(19-17)9-16-18-12(3)10-20-16/h4-7,10-11,15,19H,8-9,17H2,1-3H3. The molecule has 1 aromatic heterocycles. The Morgan fingerprint density at radius 2 is 1.90 bits per heavy atom. The topological polar surface area (TPSA) is 50.9 Å². The maximum atomic E-state index is 5.68. The Hall–Kier alpha value is -1.23. The van der Waals surface area contributed by atoms with Gasteiger partial charge in [-0.15, -0.1) is 11.3 Å². The zero-order valence-corrected chi connectivity index (χ0v) is 13.2. The lowest BCUT2D eigenvalue weighted by Crippen LogP contribution is -2.38. The molecule has 108 valence electrons. The quantitative estimate of drug-likeness (QED) is 0.634. The molecule has 0 aliphatic heterocycles. The Labute approximate surface area is 125 Å². The lowest BCUT2D eigenvalue weighted by molar-refractivity contribution is 0.521. The van der Waals surface area contributed by atoms with Gasteiger partial charge in [-0.1, -0.05) is 38.1 Å². The van der Waals surface area contributed by atoms with Gasteiger partial charge in [0.15, 0.2) is 0 Å². The highest BCUT2D eigenvalue weighted by atomic mass is 32.1. The SMILES string of the molecule is Cc1csc(CC(Cc2ccc(C(C)C)cc2)NN)n1. The van der Waals surface area contributed by atoms with Gasteiger partial charge in [0.1, 0.15) is 0 Å². The molecule has 0 amide bonds. The summed E-state index contributed by atoms with van der Waals surface area (Å²) in [5.74, 6) is 6.26. The predicted molar refractivity (Wildman–Crippen MR) is 85.9 cm³/mol. The molecule has 0 bridgehead atoms. The number of hydrazine groups is 1. The maximum absolute atomic E-state index is 5.68. The van der Waals surface area contributed by atoms with Crippen LogP contribution in [-0.4, -0.2) is 11.0 Å². The van der Waals surface area contributed by atoms with Crippen molar-refractivity contribution in [3.63, 3.8) is 0 Å². The third-order valence-corrected chi connectivity index (χ3v) is 4.44. The summed E-state index contributed by atoms with van der Waals surface area (Å²) in [4.78, 5) is 4.50. The second kappa shape index (κ2) is 6.97. The lowest BCUT2D eigenvalue weighted by Gasteiger charge is -2.15. The highest BCUT2D eigenvalue weighted by Gasteiger charge is 2.11. The van der Waals surface area contributed by atoms with Crippen LogP contribution in [0.3, 0.4) is 0 Å². The van der Waals surface area contributed by atoms with Gasteiger partial charge in [-0.05, 0) is 30.4 Å². The van der Waals surface area contributed by atoms with Crippen LogP contribution in [0.5, 0.6) is 0 Å². The fourth-order valence-electron chi connectivity index (χ4n) is 2.22. The Balaban J connectivity index is 1.98. The fraction of sp³-hybridized carbons (Fsp3) is 0.438. The van der Waals surface area contributed by atoms with Crippen molar-refractivity contribution >= 4 is 11.3 Å². The highest BCUT2D eigenvalue weighted by molar-refractivity contribution is 7.09. The third kappa shape index (κ3) is 4.13. The summed E-state index contributed by atoms with van der Waals surface area (Å²) in [5, 5.41) is 3.23. The first-order valence-electron chi connectivity index (χ1n) is 7.04. The highest BCUT2D eigenvalue weighted by Crippen LogP contribution is 2.17. The van der Waals surface area contributed by atoms with Crippen molar-refractivity contribution in [3.8, 4) is 0 Å². The molecular weight excluding hydrogens is 266 g/mol. The summed E-state index contributed by atoms with van der Waals surface area (Å²) in [6, 6.07) is 9.05. The van der Waals surface area contributed by atoms with Crippen LogP contribution in [-0.2, 0) is 12.8 Å². The summed E-state index contributed by atoms with van der Waals surface area (Å²) in [6.07, 6.45) is 1.80. The van der Waals surface area contributed by atoms with E-state index in [0.29, 0.717) is 5.92 Å². The fourth-order valence-corrected chi connectivity index (χ4v) is 3.07. The number of hydrogen-bond donors (Lipinski definition) is 2. The lowest BCUT2D eigenvalue weighted by atomic mass is 9.98. The van der Waals surface area contributed by atoms with E-state index in [1.165, 1.54) is 11.1 Å². The Morgan fingerprint density at radius 1 is 1.20 bits per heavy atom. The summed E-state index contributed by atoms with van der Waals surface area (Å²) < 4.78 is 0. The molecule has 1 aromatic carbocycles. The van der Waals surface area contributed by atoms with Crippen LogP contribution < -0.4 is 11.3 Å². The van der Waals surface area contributed by atoms with Crippen molar-refractivity contribution < 1.29 is 0 Å².